The van der Waals surface area contributed by atoms with Crippen LogP contribution in [-0.2, 0) is 13.0 Å². The fourth-order valence-electron chi connectivity index (χ4n) is 2.04. The largest absolute Gasteiger partial charge is 0.271 e. The van der Waals surface area contributed by atoms with Crippen LogP contribution in [-0.4, -0.2) is 14.8 Å². The van der Waals surface area contributed by atoms with Gasteiger partial charge in [-0.1, -0.05) is 25.1 Å². The van der Waals surface area contributed by atoms with Crippen LogP contribution in [0.15, 0.2) is 30.6 Å². The molecular formula is C13H18FN5. The average molecular weight is 263 g/mol. The van der Waals surface area contributed by atoms with Gasteiger partial charge in [0.15, 0.2) is 0 Å². The van der Waals surface area contributed by atoms with Crippen molar-refractivity contribution in [1.29, 1.82) is 0 Å². The normalized spacial score (nSPS) is 12.6. The maximum Gasteiger partial charge on any atom is 0.145 e. The first kappa shape index (κ1) is 13.6. The first-order valence-corrected chi connectivity index (χ1v) is 6.33. The highest BCUT2D eigenvalue weighted by atomic mass is 19.1. The van der Waals surface area contributed by atoms with Gasteiger partial charge in [-0.15, -0.1) is 0 Å². The van der Waals surface area contributed by atoms with E-state index in [2.05, 4.69) is 22.4 Å². The first-order valence-electron chi connectivity index (χ1n) is 6.33. The zero-order valence-corrected chi connectivity index (χ0v) is 10.9. The topological polar surface area (TPSA) is 68.8 Å². The van der Waals surface area contributed by atoms with Gasteiger partial charge in [0.1, 0.15) is 18.0 Å². The Bertz CT molecular complexity index is 525. The van der Waals surface area contributed by atoms with Crippen molar-refractivity contribution in [2.75, 3.05) is 0 Å². The van der Waals surface area contributed by atoms with E-state index in [4.69, 9.17) is 5.84 Å². The maximum absolute atomic E-state index is 13.7. The molecule has 0 fully saturated rings. The lowest BCUT2D eigenvalue weighted by atomic mass is 10.1. The van der Waals surface area contributed by atoms with E-state index in [1.807, 2.05) is 6.07 Å². The van der Waals surface area contributed by atoms with Crippen LogP contribution in [0, 0.1) is 5.82 Å². The van der Waals surface area contributed by atoms with Gasteiger partial charge in [0.2, 0.25) is 0 Å². The molecular weight excluding hydrogens is 245 g/mol. The molecule has 1 heterocycles. The Morgan fingerprint density at radius 1 is 1.42 bits per heavy atom. The molecule has 1 atom stereocenters. The van der Waals surface area contributed by atoms with Crippen LogP contribution < -0.4 is 11.3 Å². The van der Waals surface area contributed by atoms with E-state index >= 15 is 0 Å². The van der Waals surface area contributed by atoms with Crippen LogP contribution in [0.4, 0.5) is 4.39 Å². The molecule has 2 rings (SSSR count). The fourth-order valence-corrected chi connectivity index (χ4v) is 2.04. The van der Waals surface area contributed by atoms with Crippen molar-refractivity contribution >= 4 is 0 Å². The van der Waals surface area contributed by atoms with Gasteiger partial charge in [0.25, 0.3) is 0 Å². The summed E-state index contributed by atoms with van der Waals surface area (Å²) in [4.78, 5) is 4.22. The minimum atomic E-state index is -0.258. The summed E-state index contributed by atoms with van der Waals surface area (Å²) in [5.74, 6) is 6.07. The van der Waals surface area contributed by atoms with Gasteiger partial charge in [-0.25, -0.2) is 19.5 Å². The minimum absolute atomic E-state index is 0.232. The number of aromatic nitrogens is 3. The van der Waals surface area contributed by atoms with Crippen LogP contribution in [0.25, 0.3) is 0 Å². The smallest absolute Gasteiger partial charge is 0.145 e. The molecule has 1 aromatic carbocycles. The zero-order chi connectivity index (χ0) is 13.7. The molecule has 6 heteroatoms. The Hall–Kier alpha value is -1.79. The summed E-state index contributed by atoms with van der Waals surface area (Å²) < 4.78 is 15.5. The molecule has 1 aromatic heterocycles. The average Bonchev–Trinajstić information content (AvgIpc) is 2.86. The molecule has 19 heavy (non-hydrogen) atoms. The Balaban J connectivity index is 2.20. The summed E-state index contributed by atoms with van der Waals surface area (Å²) in [6, 6.07) is 6.41. The second kappa shape index (κ2) is 6.40. The molecule has 0 aliphatic rings. The Kier molecular flexibility index (Phi) is 4.59. The lowest BCUT2D eigenvalue weighted by molar-refractivity contribution is 0.460. The summed E-state index contributed by atoms with van der Waals surface area (Å²) in [6.07, 6.45) is 2.88. The molecule has 0 saturated heterocycles. The summed E-state index contributed by atoms with van der Waals surface area (Å²) in [5, 5.41) is 4.16. The number of nitrogens with one attached hydrogen (secondary N) is 1. The van der Waals surface area contributed by atoms with E-state index in [-0.39, 0.29) is 11.9 Å². The second-order valence-corrected chi connectivity index (χ2v) is 4.36. The number of nitrogens with zero attached hydrogens (tertiary/aromatic N) is 3. The third kappa shape index (κ3) is 3.15. The maximum atomic E-state index is 13.7. The van der Waals surface area contributed by atoms with E-state index in [1.54, 1.807) is 16.8 Å². The number of rotatable bonds is 6. The van der Waals surface area contributed by atoms with Gasteiger partial charge in [-0.05, 0) is 24.5 Å². The Morgan fingerprint density at radius 3 is 2.89 bits per heavy atom. The third-order valence-corrected chi connectivity index (χ3v) is 2.98. The van der Waals surface area contributed by atoms with Crippen LogP contribution in [0.1, 0.15) is 30.8 Å². The predicted molar refractivity (Wildman–Crippen MR) is 70.5 cm³/mol. The van der Waals surface area contributed by atoms with Crippen molar-refractivity contribution in [3.63, 3.8) is 0 Å². The van der Waals surface area contributed by atoms with E-state index in [1.165, 1.54) is 12.4 Å². The highest BCUT2D eigenvalue weighted by molar-refractivity contribution is 5.19. The molecule has 2 aromatic rings. The number of benzene rings is 1. The van der Waals surface area contributed by atoms with Crippen LogP contribution >= 0.6 is 0 Å². The molecule has 102 valence electrons. The van der Waals surface area contributed by atoms with Crippen molar-refractivity contribution < 1.29 is 4.39 Å². The second-order valence-electron chi connectivity index (χ2n) is 4.36. The zero-order valence-electron chi connectivity index (χ0n) is 10.9. The molecule has 0 amide bonds. The van der Waals surface area contributed by atoms with Gasteiger partial charge in [0, 0.05) is 6.54 Å². The van der Waals surface area contributed by atoms with Crippen molar-refractivity contribution in [2.45, 2.75) is 32.4 Å². The molecule has 3 N–H and O–H groups in total. The Labute approximate surface area is 111 Å². The van der Waals surface area contributed by atoms with E-state index in [0.717, 1.165) is 18.8 Å². The SMILES string of the molecule is CCCn1ncnc1C(Cc1ccccc1F)NN. The highest BCUT2D eigenvalue weighted by Crippen LogP contribution is 2.18. The van der Waals surface area contributed by atoms with Gasteiger partial charge >= 0.3 is 0 Å². The summed E-state index contributed by atoms with van der Waals surface area (Å²) in [7, 11) is 0. The number of hydrogen-bond donors (Lipinski definition) is 2. The van der Waals surface area contributed by atoms with Crippen molar-refractivity contribution in [3.05, 3.63) is 47.8 Å². The van der Waals surface area contributed by atoms with Gasteiger partial charge in [-0.2, -0.15) is 5.10 Å². The number of hydrogen-bond acceptors (Lipinski definition) is 4. The number of aryl methyl sites for hydroxylation is 1. The number of hydrazine groups is 1. The predicted octanol–water partition coefficient (Wildman–Crippen LogP) is 1.57. The minimum Gasteiger partial charge on any atom is -0.271 e. The standard InChI is InChI=1S/C13H18FN5/c1-2-7-19-13(16-9-17-19)12(18-15)8-10-5-3-4-6-11(10)14/h3-6,9,12,18H,2,7-8,15H2,1H3. The Morgan fingerprint density at radius 2 is 2.21 bits per heavy atom. The monoisotopic (exact) mass is 263 g/mol. The molecule has 1 unspecified atom stereocenters. The van der Waals surface area contributed by atoms with Crippen LogP contribution in [0.2, 0.25) is 0 Å². The first-order chi connectivity index (χ1) is 9.26. The van der Waals surface area contributed by atoms with E-state index < -0.39 is 0 Å². The lowest BCUT2D eigenvalue weighted by Crippen LogP contribution is -2.32. The molecule has 0 aliphatic carbocycles. The molecule has 0 radical (unpaired) electrons. The van der Waals surface area contributed by atoms with Gasteiger partial charge in [-0.3, -0.25) is 5.84 Å². The molecule has 0 spiro atoms. The van der Waals surface area contributed by atoms with Crippen molar-refractivity contribution in [1.82, 2.24) is 20.2 Å². The van der Waals surface area contributed by atoms with Crippen LogP contribution in [0.5, 0.6) is 0 Å². The van der Waals surface area contributed by atoms with E-state index in [9.17, 15) is 4.39 Å². The lowest BCUT2D eigenvalue weighted by Gasteiger charge is -2.16. The third-order valence-electron chi connectivity index (χ3n) is 2.98. The number of halogens is 1. The molecule has 0 aliphatic heterocycles. The molecule has 5 nitrogen and oxygen atoms in total. The molecule has 0 saturated carbocycles. The quantitative estimate of drug-likeness (QED) is 0.613. The number of nitrogens with two attached hydrogens (primary N) is 1. The highest BCUT2D eigenvalue weighted by Gasteiger charge is 2.18. The van der Waals surface area contributed by atoms with Gasteiger partial charge < -0.3 is 0 Å². The van der Waals surface area contributed by atoms with E-state index in [0.29, 0.717) is 12.0 Å². The van der Waals surface area contributed by atoms with Crippen molar-refractivity contribution in [3.8, 4) is 0 Å². The van der Waals surface area contributed by atoms with Gasteiger partial charge in [0.05, 0.1) is 6.04 Å². The summed E-state index contributed by atoms with van der Waals surface area (Å²) in [6.45, 7) is 2.83. The summed E-state index contributed by atoms with van der Waals surface area (Å²) in [5.41, 5.74) is 3.30. The summed E-state index contributed by atoms with van der Waals surface area (Å²) >= 11 is 0. The van der Waals surface area contributed by atoms with Crippen LogP contribution in [0.3, 0.4) is 0 Å². The van der Waals surface area contributed by atoms with Crippen molar-refractivity contribution in [2.24, 2.45) is 5.84 Å². The fraction of sp³-hybridized carbons (Fsp3) is 0.385. The molecule has 0 bridgehead atoms.